The van der Waals surface area contributed by atoms with Crippen molar-refractivity contribution in [2.45, 2.75) is 65.7 Å². The molecule has 3 aromatic carbocycles. The Morgan fingerprint density at radius 3 is 1.90 bits per heavy atom. The summed E-state index contributed by atoms with van der Waals surface area (Å²) >= 11 is 0. The molecule has 7 heteroatoms. The maximum absolute atomic E-state index is 12.3. The molecule has 3 rings (SSSR count). The molecule has 0 heterocycles. The molecule has 0 spiro atoms. The first-order valence-corrected chi connectivity index (χ1v) is 14.0. The van der Waals surface area contributed by atoms with Gasteiger partial charge in [0.2, 0.25) is 11.8 Å². The number of amides is 2. The molecule has 1 N–H and O–H groups in total. The minimum atomic E-state index is -0.424. The Labute approximate surface area is 237 Å². The number of benzene rings is 3. The van der Waals surface area contributed by atoms with E-state index in [1.807, 2.05) is 60.7 Å². The second kappa shape index (κ2) is 15.6. The number of ether oxygens (including phenoxy) is 4. The largest absolute Gasteiger partial charge is 0.497 e. The number of carbonyl (C=O) groups excluding carboxylic acids is 2. The van der Waals surface area contributed by atoms with Gasteiger partial charge in [0, 0.05) is 13.3 Å². The SMILES string of the molecule is CCCc1cc(Oc2ccc(OC)cc2)ccc1OCCCOc1ccc(C(C)C(=O)NC(C)=O)cc1CCC. The molecule has 0 aliphatic heterocycles. The van der Waals surface area contributed by atoms with Gasteiger partial charge in [-0.05, 0) is 85.0 Å². The fraction of sp³-hybridized carbons (Fsp3) is 0.394. The Balaban J connectivity index is 1.55. The molecular weight excluding hydrogens is 506 g/mol. The van der Waals surface area contributed by atoms with E-state index in [2.05, 4.69) is 19.2 Å². The summed E-state index contributed by atoms with van der Waals surface area (Å²) in [7, 11) is 1.64. The molecule has 0 saturated carbocycles. The quantitative estimate of drug-likeness (QED) is 0.206. The van der Waals surface area contributed by atoms with Crippen molar-refractivity contribution in [2.24, 2.45) is 0 Å². The predicted octanol–water partition coefficient (Wildman–Crippen LogP) is 7.01. The van der Waals surface area contributed by atoms with E-state index in [0.29, 0.717) is 13.2 Å². The van der Waals surface area contributed by atoms with Gasteiger partial charge in [-0.15, -0.1) is 0 Å². The molecule has 7 nitrogen and oxygen atoms in total. The van der Waals surface area contributed by atoms with Crippen LogP contribution in [0.25, 0.3) is 0 Å². The van der Waals surface area contributed by atoms with Crippen molar-refractivity contribution in [2.75, 3.05) is 20.3 Å². The number of nitrogens with one attached hydrogen (secondary N) is 1. The summed E-state index contributed by atoms with van der Waals surface area (Å²) in [5, 5.41) is 2.36. The first-order valence-electron chi connectivity index (χ1n) is 14.0. The molecule has 3 aromatic rings. The van der Waals surface area contributed by atoms with Crippen LogP contribution in [-0.2, 0) is 22.4 Å². The van der Waals surface area contributed by atoms with Gasteiger partial charge in [0.1, 0.15) is 28.7 Å². The average molecular weight is 548 g/mol. The van der Waals surface area contributed by atoms with Gasteiger partial charge in [-0.3, -0.25) is 14.9 Å². The van der Waals surface area contributed by atoms with Gasteiger partial charge in [-0.2, -0.15) is 0 Å². The molecule has 1 atom stereocenters. The Hall–Kier alpha value is -4.00. The maximum Gasteiger partial charge on any atom is 0.233 e. The predicted molar refractivity (Wildman–Crippen MR) is 157 cm³/mol. The normalized spacial score (nSPS) is 11.4. The van der Waals surface area contributed by atoms with Gasteiger partial charge < -0.3 is 18.9 Å². The zero-order valence-electron chi connectivity index (χ0n) is 24.3. The topological polar surface area (TPSA) is 83.1 Å². The van der Waals surface area contributed by atoms with Crippen LogP contribution in [0.4, 0.5) is 0 Å². The van der Waals surface area contributed by atoms with Gasteiger partial charge in [0.25, 0.3) is 0 Å². The molecular formula is C33H41NO6. The summed E-state index contributed by atoms with van der Waals surface area (Å²) in [6.07, 6.45) is 4.40. The monoisotopic (exact) mass is 547 g/mol. The summed E-state index contributed by atoms with van der Waals surface area (Å²) in [6.45, 7) is 8.43. The van der Waals surface area contributed by atoms with E-state index in [-0.39, 0.29) is 11.8 Å². The summed E-state index contributed by atoms with van der Waals surface area (Å²) in [4.78, 5) is 23.5. The molecule has 0 saturated heterocycles. The van der Waals surface area contributed by atoms with Gasteiger partial charge in [0.15, 0.2) is 0 Å². The van der Waals surface area contributed by atoms with E-state index in [9.17, 15) is 9.59 Å². The van der Waals surface area contributed by atoms with Crippen molar-refractivity contribution in [3.63, 3.8) is 0 Å². The highest BCUT2D eigenvalue weighted by Gasteiger charge is 2.18. The second-order valence-electron chi connectivity index (χ2n) is 9.73. The lowest BCUT2D eigenvalue weighted by Gasteiger charge is -2.17. The van der Waals surface area contributed by atoms with Crippen LogP contribution in [0, 0.1) is 0 Å². The van der Waals surface area contributed by atoms with Crippen LogP contribution in [0.15, 0.2) is 60.7 Å². The highest BCUT2D eigenvalue weighted by molar-refractivity contribution is 5.97. The van der Waals surface area contributed by atoms with Crippen LogP contribution in [0.3, 0.4) is 0 Å². The molecule has 214 valence electrons. The first kappa shape index (κ1) is 30.5. The van der Waals surface area contributed by atoms with E-state index in [0.717, 1.165) is 77.5 Å². The second-order valence-corrected chi connectivity index (χ2v) is 9.73. The molecule has 0 aliphatic carbocycles. The van der Waals surface area contributed by atoms with Gasteiger partial charge >= 0.3 is 0 Å². The van der Waals surface area contributed by atoms with Crippen LogP contribution in [0.2, 0.25) is 0 Å². The molecule has 0 aromatic heterocycles. The van der Waals surface area contributed by atoms with Crippen LogP contribution in [-0.4, -0.2) is 32.1 Å². The number of hydrogen-bond donors (Lipinski definition) is 1. The summed E-state index contributed by atoms with van der Waals surface area (Å²) in [5.74, 6) is 2.90. The number of aryl methyl sites for hydroxylation is 2. The summed E-state index contributed by atoms with van der Waals surface area (Å²) in [6, 6.07) is 19.2. The van der Waals surface area contributed by atoms with E-state index < -0.39 is 5.92 Å². The molecule has 1 unspecified atom stereocenters. The highest BCUT2D eigenvalue weighted by atomic mass is 16.5. The van der Waals surface area contributed by atoms with E-state index in [1.54, 1.807) is 14.0 Å². The fourth-order valence-corrected chi connectivity index (χ4v) is 4.34. The van der Waals surface area contributed by atoms with Crippen molar-refractivity contribution in [3.8, 4) is 28.7 Å². The third kappa shape index (κ3) is 9.04. The fourth-order valence-electron chi connectivity index (χ4n) is 4.34. The Kier molecular flexibility index (Phi) is 11.9. The van der Waals surface area contributed by atoms with Gasteiger partial charge in [0.05, 0.1) is 26.2 Å². The van der Waals surface area contributed by atoms with Crippen molar-refractivity contribution in [1.82, 2.24) is 5.32 Å². The molecule has 0 fully saturated rings. The standard InChI is InChI=1S/C33H41NO6/c1-6-9-26-21-25(23(3)33(36)34-24(4)35)11-17-31(26)38-19-8-20-39-32-18-16-30(22-27(32)10-7-2)40-29-14-12-28(37-5)13-15-29/h11-18,21-23H,6-10,19-20H2,1-5H3,(H,34,35,36). The zero-order chi connectivity index (χ0) is 28.9. The molecule has 0 aliphatic rings. The van der Waals surface area contributed by atoms with Crippen molar-refractivity contribution < 1.29 is 28.5 Å². The van der Waals surface area contributed by atoms with Crippen molar-refractivity contribution >= 4 is 11.8 Å². The molecule has 0 radical (unpaired) electrons. The number of methoxy groups -OCH3 is 1. The van der Waals surface area contributed by atoms with Crippen LogP contribution >= 0.6 is 0 Å². The minimum Gasteiger partial charge on any atom is -0.497 e. The van der Waals surface area contributed by atoms with E-state index in [4.69, 9.17) is 18.9 Å². The molecule has 2 amide bonds. The van der Waals surface area contributed by atoms with Crippen LogP contribution in [0.5, 0.6) is 28.7 Å². The first-order chi connectivity index (χ1) is 19.3. The summed E-state index contributed by atoms with van der Waals surface area (Å²) < 4.78 is 23.5. The smallest absolute Gasteiger partial charge is 0.233 e. The average Bonchev–Trinajstić information content (AvgIpc) is 2.94. The minimum absolute atomic E-state index is 0.302. The third-order valence-electron chi connectivity index (χ3n) is 6.45. The van der Waals surface area contributed by atoms with Crippen LogP contribution < -0.4 is 24.3 Å². The Bertz CT molecular complexity index is 1250. The Morgan fingerprint density at radius 1 is 0.775 bits per heavy atom. The number of imide groups is 1. The van der Waals surface area contributed by atoms with Gasteiger partial charge in [-0.25, -0.2) is 0 Å². The van der Waals surface area contributed by atoms with Crippen molar-refractivity contribution in [3.05, 3.63) is 77.4 Å². The van der Waals surface area contributed by atoms with E-state index in [1.165, 1.54) is 6.92 Å². The maximum atomic E-state index is 12.3. The highest BCUT2D eigenvalue weighted by Crippen LogP contribution is 2.30. The molecule has 0 bridgehead atoms. The van der Waals surface area contributed by atoms with Crippen molar-refractivity contribution in [1.29, 1.82) is 0 Å². The number of carbonyl (C=O) groups is 2. The number of rotatable bonds is 15. The number of hydrogen-bond acceptors (Lipinski definition) is 6. The van der Waals surface area contributed by atoms with Gasteiger partial charge in [-0.1, -0.05) is 38.8 Å². The van der Waals surface area contributed by atoms with Crippen LogP contribution in [0.1, 0.15) is 69.6 Å². The lowest BCUT2D eigenvalue weighted by atomic mass is 9.96. The summed E-state index contributed by atoms with van der Waals surface area (Å²) in [5.41, 5.74) is 3.03. The third-order valence-corrected chi connectivity index (χ3v) is 6.45. The molecule has 40 heavy (non-hydrogen) atoms. The van der Waals surface area contributed by atoms with E-state index >= 15 is 0 Å². The lowest BCUT2D eigenvalue weighted by Crippen LogP contribution is -2.31. The Morgan fingerprint density at radius 2 is 1.32 bits per heavy atom. The lowest BCUT2D eigenvalue weighted by molar-refractivity contribution is -0.129. The zero-order valence-corrected chi connectivity index (χ0v) is 24.3.